The summed E-state index contributed by atoms with van der Waals surface area (Å²) in [6, 6.07) is 9.65. The van der Waals surface area contributed by atoms with E-state index in [4.69, 9.17) is 4.74 Å². The van der Waals surface area contributed by atoms with Crippen LogP contribution in [0.25, 0.3) is 0 Å². The van der Waals surface area contributed by atoms with Crippen LogP contribution in [0.15, 0.2) is 43.0 Å². The van der Waals surface area contributed by atoms with Crippen LogP contribution in [0.3, 0.4) is 0 Å². The highest BCUT2D eigenvalue weighted by molar-refractivity contribution is 5.68. The van der Waals surface area contributed by atoms with Crippen molar-refractivity contribution >= 4 is 6.09 Å². The molecule has 0 aromatic heterocycles. The lowest BCUT2D eigenvalue weighted by molar-refractivity contribution is 0.0688. The van der Waals surface area contributed by atoms with Crippen LogP contribution in [-0.2, 0) is 11.3 Å². The monoisotopic (exact) mass is 247 g/mol. The molecule has 0 saturated carbocycles. The minimum absolute atomic E-state index is 0.276. The summed E-state index contributed by atoms with van der Waals surface area (Å²) in [6.07, 6.45) is 1.39. The van der Waals surface area contributed by atoms with Gasteiger partial charge in [0, 0.05) is 12.1 Å². The topological polar surface area (TPSA) is 29.5 Å². The van der Waals surface area contributed by atoms with Crippen molar-refractivity contribution in [3.05, 3.63) is 48.6 Å². The number of amides is 1. The third kappa shape index (κ3) is 4.24. The van der Waals surface area contributed by atoms with E-state index in [1.54, 1.807) is 11.0 Å². The number of ether oxygens (including phenoxy) is 1. The molecule has 0 unspecified atom stereocenters. The molecule has 98 valence electrons. The van der Waals surface area contributed by atoms with Crippen molar-refractivity contribution in [1.29, 1.82) is 0 Å². The summed E-state index contributed by atoms with van der Waals surface area (Å²) in [4.78, 5) is 13.7. The van der Waals surface area contributed by atoms with Crippen LogP contribution in [0.4, 0.5) is 4.79 Å². The molecule has 0 aliphatic heterocycles. The zero-order chi connectivity index (χ0) is 13.6. The van der Waals surface area contributed by atoms with Crippen molar-refractivity contribution < 1.29 is 9.53 Å². The average Bonchev–Trinajstić information content (AvgIpc) is 2.33. The van der Waals surface area contributed by atoms with Crippen LogP contribution in [0, 0.1) is 0 Å². The first-order chi connectivity index (χ1) is 8.45. The molecule has 18 heavy (non-hydrogen) atoms. The fourth-order valence-electron chi connectivity index (χ4n) is 1.55. The Labute approximate surface area is 109 Å². The largest absolute Gasteiger partial charge is 0.445 e. The Balaban J connectivity index is 2.60. The highest BCUT2D eigenvalue weighted by atomic mass is 16.6. The van der Waals surface area contributed by atoms with Gasteiger partial charge in [-0.3, -0.25) is 4.90 Å². The van der Waals surface area contributed by atoms with Gasteiger partial charge in [0.25, 0.3) is 0 Å². The third-order valence-corrected chi connectivity index (χ3v) is 2.55. The second-order valence-electron chi connectivity index (χ2n) is 5.11. The average molecular weight is 247 g/mol. The molecule has 0 bridgehead atoms. The summed E-state index contributed by atoms with van der Waals surface area (Å²) in [7, 11) is 0. The predicted octanol–water partition coefficient (Wildman–Crippen LogP) is 3.61. The number of carbonyl (C=O) groups is 1. The highest BCUT2D eigenvalue weighted by Crippen LogP contribution is 2.15. The smallest absolute Gasteiger partial charge is 0.410 e. The van der Waals surface area contributed by atoms with Crippen LogP contribution in [0.5, 0.6) is 0 Å². The number of nitrogens with zero attached hydrogens (tertiary/aromatic N) is 1. The molecule has 1 rings (SSSR count). The van der Waals surface area contributed by atoms with Crippen molar-refractivity contribution in [2.24, 2.45) is 0 Å². The lowest BCUT2D eigenvalue weighted by Crippen LogP contribution is -2.45. The van der Waals surface area contributed by atoms with E-state index in [0.717, 1.165) is 5.56 Å². The Morgan fingerprint density at radius 3 is 2.44 bits per heavy atom. The maximum absolute atomic E-state index is 12.0. The fourth-order valence-corrected chi connectivity index (χ4v) is 1.55. The minimum atomic E-state index is -0.314. The van der Waals surface area contributed by atoms with Gasteiger partial charge in [-0.1, -0.05) is 36.4 Å². The molecule has 0 aliphatic carbocycles. The summed E-state index contributed by atoms with van der Waals surface area (Å²) in [6.45, 7) is 10.4. The zero-order valence-corrected chi connectivity index (χ0v) is 11.3. The van der Waals surface area contributed by atoms with Crippen LogP contribution in [0.2, 0.25) is 0 Å². The van der Waals surface area contributed by atoms with E-state index in [1.165, 1.54) is 0 Å². The maximum atomic E-state index is 12.0. The van der Waals surface area contributed by atoms with Crippen molar-refractivity contribution in [3.8, 4) is 0 Å². The number of hydrogen-bond acceptors (Lipinski definition) is 2. The van der Waals surface area contributed by atoms with Gasteiger partial charge < -0.3 is 4.74 Å². The van der Waals surface area contributed by atoms with Gasteiger partial charge in [-0.25, -0.2) is 4.79 Å². The summed E-state index contributed by atoms with van der Waals surface area (Å²) in [5, 5.41) is 0. The molecule has 3 nitrogen and oxygen atoms in total. The Morgan fingerprint density at radius 1 is 1.33 bits per heavy atom. The molecule has 0 aliphatic rings. The second kappa shape index (κ2) is 6.24. The SMILES string of the molecule is C=CCN(C(=O)OCc1ccccc1)C(C)(C)C. The van der Waals surface area contributed by atoms with Crippen LogP contribution in [-0.4, -0.2) is 23.1 Å². The molecular weight excluding hydrogens is 226 g/mol. The quantitative estimate of drug-likeness (QED) is 0.761. The minimum Gasteiger partial charge on any atom is -0.445 e. The standard InChI is InChI=1S/C15H21NO2/c1-5-11-16(15(2,3)4)14(17)18-12-13-9-7-6-8-10-13/h5-10H,1,11-12H2,2-4H3. The zero-order valence-electron chi connectivity index (χ0n) is 11.3. The molecule has 0 saturated heterocycles. The van der Waals surface area contributed by atoms with Crippen molar-refractivity contribution in [3.63, 3.8) is 0 Å². The third-order valence-electron chi connectivity index (χ3n) is 2.55. The van der Waals surface area contributed by atoms with Crippen molar-refractivity contribution in [2.45, 2.75) is 32.9 Å². The van der Waals surface area contributed by atoms with E-state index in [9.17, 15) is 4.79 Å². The number of hydrogen-bond donors (Lipinski definition) is 0. The van der Waals surface area contributed by atoms with Crippen molar-refractivity contribution in [1.82, 2.24) is 4.90 Å². The van der Waals surface area contributed by atoms with Crippen LogP contribution in [0.1, 0.15) is 26.3 Å². The van der Waals surface area contributed by atoms with Gasteiger partial charge in [0.05, 0.1) is 0 Å². The van der Waals surface area contributed by atoms with E-state index in [1.807, 2.05) is 51.1 Å². The summed E-state index contributed by atoms with van der Waals surface area (Å²) in [5.74, 6) is 0. The van der Waals surface area contributed by atoms with E-state index >= 15 is 0 Å². The van der Waals surface area contributed by atoms with E-state index < -0.39 is 0 Å². The lowest BCUT2D eigenvalue weighted by Gasteiger charge is -2.33. The maximum Gasteiger partial charge on any atom is 0.410 e. The molecule has 1 aromatic rings. The molecule has 0 N–H and O–H groups in total. The second-order valence-corrected chi connectivity index (χ2v) is 5.11. The van der Waals surface area contributed by atoms with Gasteiger partial charge in [0.1, 0.15) is 6.61 Å². The lowest BCUT2D eigenvalue weighted by atomic mass is 10.1. The summed E-state index contributed by atoms with van der Waals surface area (Å²) >= 11 is 0. The fraction of sp³-hybridized carbons (Fsp3) is 0.400. The summed E-state index contributed by atoms with van der Waals surface area (Å²) < 4.78 is 5.31. The number of carbonyl (C=O) groups excluding carboxylic acids is 1. The van der Waals surface area contributed by atoms with Crippen molar-refractivity contribution in [2.75, 3.05) is 6.54 Å². The first-order valence-electron chi connectivity index (χ1n) is 6.04. The van der Waals surface area contributed by atoms with Gasteiger partial charge in [-0.15, -0.1) is 6.58 Å². The van der Waals surface area contributed by atoms with Gasteiger partial charge >= 0.3 is 6.09 Å². The normalized spacial score (nSPS) is 10.8. The Morgan fingerprint density at radius 2 is 1.94 bits per heavy atom. The van der Waals surface area contributed by atoms with E-state index in [-0.39, 0.29) is 11.6 Å². The molecule has 3 heteroatoms. The number of rotatable bonds is 4. The predicted molar refractivity (Wildman–Crippen MR) is 73.3 cm³/mol. The Hall–Kier alpha value is -1.77. The highest BCUT2D eigenvalue weighted by Gasteiger charge is 2.26. The van der Waals surface area contributed by atoms with Gasteiger partial charge in [0.2, 0.25) is 0 Å². The van der Waals surface area contributed by atoms with Crippen LogP contribution < -0.4 is 0 Å². The molecular formula is C15H21NO2. The van der Waals surface area contributed by atoms with Gasteiger partial charge in [-0.2, -0.15) is 0 Å². The molecule has 0 radical (unpaired) electrons. The Kier molecular flexibility index (Phi) is 4.95. The first kappa shape index (κ1) is 14.3. The molecule has 0 atom stereocenters. The molecule has 0 heterocycles. The van der Waals surface area contributed by atoms with E-state index in [2.05, 4.69) is 6.58 Å². The van der Waals surface area contributed by atoms with Gasteiger partial charge in [0.15, 0.2) is 0 Å². The first-order valence-corrected chi connectivity index (χ1v) is 6.04. The van der Waals surface area contributed by atoms with E-state index in [0.29, 0.717) is 13.2 Å². The summed E-state index contributed by atoms with van der Waals surface area (Å²) in [5.41, 5.74) is 0.709. The van der Waals surface area contributed by atoms with Gasteiger partial charge in [-0.05, 0) is 26.3 Å². The molecule has 0 spiro atoms. The number of benzene rings is 1. The van der Waals surface area contributed by atoms with Crippen LogP contribution >= 0.6 is 0 Å². The molecule has 0 fully saturated rings. The molecule has 1 aromatic carbocycles. The Bertz CT molecular complexity index is 393. The molecule has 1 amide bonds.